The molecule has 3 rings (SSSR count). The van der Waals surface area contributed by atoms with Crippen LogP contribution in [0.3, 0.4) is 0 Å². The minimum absolute atomic E-state index is 0.0643. The van der Waals surface area contributed by atoms with Gasteiger partial charge in [-0.2, -0.15) is 0 Å². The Hall–Kier alpha value is -2.14. The summed E-state index contributed by atoms with van der Waals surface area (Å²) in [5.74, 6) is 0.0711. The number of hydrogen-bond donors (Lipinski definition) is 0. The molecule has 1 fully saturated rings. The van der Waals surface area contributed by atoms with Crippen LogP contribution in [0.1, 0.15) is 16.8 Å². The van der Waals surface area contributed by atoms with Gasteiger partial charge in [0.2, 0.25) is 0 Å². The van der Waals surface area contributed by atoms with Gasteiger partial charge in [-0.15, -0.1) is 0 Å². The van der Waals surface area contributed by atoms with Gasteiger partial charge in [-0.25, -0.2) is 4.39 Å². The number of carbonyl (C=O) groups excluding carboxylic acids is 1. The fourth-order valence-corrected chi connectivity index (χ4v) is 2.70. The Morgan fingerprint density at radius 1 is 1.32 bits per heavy atom. The first kappa shape index (κ1) is 14.8. The van der Waals surface area contributed by atoms with E-state index in [4.69, 9.17) is 16.3 Å². The number of benzene rings is 1. The summed E-state index contributed by atoms with van der Waals surface area (Å²) >= 11 is 5.94. The van der Waals surface area contributed by atoms with E-state index in [-0.39, 0.29) is 17.0 Å². The zero-order valence-electron chi connectivity index (χ0n) is 11.7. The Morgan fingerprint density at radius 2 is 2.09 bits per heavy atom. The van der Waals surface area contributed by atoms with Crippen LogP contribution in [-0.2, 0) is 0 Å². The van der Waals surface area contributed by atoms with Crippen molar-refractivity contribution in [3.63, 3.8) is 0 Å². The summed E-state index contributed by atoms with van der Waals surface area (Å²) in [6.07, 6.45) is 4.00. The first-order valence-corrected chi connectivity index (χ1v) is 7.32. The third kappa shape index (κ3) is 3.20. The zero-order chi connectivity index (χ0) is 15.5. The van der Waals surface area contributed by atoms with Crippen LogP contribution in [0.25, 0.3) is 0 Å². The number of hydrogen-bond acceptors (Lipinski definition) is 3. The van der Waals surface area contributed by atoms with E-state index in [2.05, 4.69) is 4.98 Å². The lowest BCUT2D eigenvalue weighted by molar-refractivity contribution is 0.0772. The summed E-state index contributed by atoms with van der Waals surface area (Å²) in [6, 6.07) is 7.36. The molecule has 22 heavy (non-hydrogen) atoms. The molecule has 0 bridgehead atoms. The van der Waals surface area contributed by atoms with Crippen LogP contribution >= 0.6 is 11.6 Å². The lowest BCUT2D eigenvalue weighted by Crippen LogP contribution is -2.31. The summed E-state index contributed by atoms with van der Waals surface area (Å²) in [6.45, 7) is 1.07. The second kappa shape index (κ2) is 6.32. The molecule has 1 saturated heterocycles. The largest absolute Gasteiger partial charge is 0.488 e. The van der Waals surface area contributed by atoms with Crippen molar-refractivity contribution in [3.8, 4) is 5.75 Å². The number of aromatic nitrogens is 1. The third-order valence-corrected chi connectivity index (χ3v) is 3.86. The Labute approximate surface area is 132 Å². The van der Waals surface area contributed by atoms with E-state index in [1.807, 2.05) is 0 Å². The molecule has 0 radical (unpaired) electrons. The number of carbonyl (C=O) groups is 1. The highest BCUT2D eigenvalue weighted by atomic mass is 35.5. The van der Waals surface area contributed by atoms with Gasteiger partial charge in [0.05, 0.1) is 17.1 Å². The summed E-state index contributed by atoms with van der Waals surface area (Å²) in [7, 11) is 0. The van der Waals surface area contributed by atoms with Gasteiger partial charge < -0.3 is 9.64 Å². The van der Waals surface area contributed by atoms with E-state index in [0.29, 0.717) is 18.7 Å². The molecule has 1 aromatic heterocycles. The van der Waals surface area contributed by atoms with Crippen molar-refractivity contribution in [2.24, 2.45) is 0 Å². The highest BCUT2D eigenvalue weighted by molar-refractivity contribution is 6.33. The summed E-state index contributed by atoms with van der Waals surface area (Å²) in [4.78, 5) is 18.0. The van der Waals surface area contributed by atoms with Gasteiger partial charge in [0.25, 0.3) is 5.91 Å². The van der Waals surface area contributed by atoms with Crippen LogP contribution in [0, 0.1) is 5.82 Å². The quantitative estimate of drug-likeness (QED) is 0.872. The van der Waals surface area contributed by atoms with Gasteiger partial charge in [0.1, 0.15) is 17.7 Å². The van der Waals surface area contributed by atoms with E-state index in [0.717, 1.165) is 18.2 Å². The van der Waals surface area contributed by atoms with Crippen molar-refractivity contribution in [1.29, 1.82) is 0 Å². The van der Waals surface area contributed by atoms with Crippen molar-refractivity contribution >= 4 is 17.5 Å². The molecular formula is C16H14ClFN2O2. The third-order valence-electron chi connectivity index (χ3n) is 3.55. The highest BCUT2D eigenvalue weighted by Gasteiger charge is 2.29. The van der Waals surface area contributed by atoms with Crippen LogP contribution in [0.15, 0.2) is 42.7 Å². The molecule has 6 heteroatoms. The van der Waals surface area contributed by atoms with Gasteiger partial charge in [-0.1, -0.05) is 11.6 Å². The van der Waals surface area contributed by atoms with Crippen LogP contribution in [0.2, 0.25) is 5.02 Å². The summed E-state index contributed by atoms with van der Waals surface area (Å²) in [5, 5.41) is 0.128. The van der Waals surface area contributed by atoms with Crippen molar-refractivity contribution in [1.82, 2.24) is 9.88 Å². The smallest absolute Gasteiger partial charge is 0.255 e. The predicted molar refractivity (Wildman–Crippen MR) is 80.6 cm³/mol. The number of pyridine rings is 1. The van der Waals surface area contributed by atoms with E-state index in [9.17, 15) is 9.18 Å². The molecule has 1 aromatic carbocycles. The first-order chi connectivity index (χ1) is 10.6. The SMILES string of the molecule is O=C(c1ccc(F)cc1Cl)N1CC[C@H](Oc2ccncc2)C1. The Bertz CT molecular complexity index is 681. The summed E-state index contributed by atoms with van der Waals surface area (Å²) in [5.41, 5.74) is 0.313. The molecule has 0 unspecified atom stereocenters. The number of ether oxygens (including phenoxy) is 1. The lowest BCUT2D eigenvalue weighted by Gasteiger charge is -2.18. The van der Waals surface area contributed by atoms with Crippen LogP contribution in [-0.4, -0.2) is 35.0 Å². The van der Waals surface area contributed by atoms with Crippen molar-refractivity contribution in [2.75, 3.05) is 13.1 Å². The minimum atomic E-state index is -0.457. The lowest BCUT2D eigenvalue weighted by atomic mass is 10.2. The number of nitrogens with zero attached hydrogens (tertiary/aromatic N) is 2. The van der Waals surface area contributed by atoms with Gasteiger partial charge in [0.15, 0.2) is 0 Å². The maximum atomic E-state index is 13.1. The maximum Gasteiger partial charge on any atom is 0.255 e. The standard InChI is InChI=1S/C16H14ClFN2O2/c17-15-9-11(18)1-2-14(15)16(21)20-8-5-13(10-20)22-12-3-6-19-7-4-12/h1-4,6-7,9,13H,5,8,10H2/t13-/m0/s1. The van der Waals surface area contributed by atoms with Crippen molar-refractivity contribution in [3.05, 3.63) is 59.1 Å². The van der Waals surface area contributed by atoms with E-state index < -0.39 is 5.82 Å². The maximum absolute atomic E-state index is 13.1. The minimum Gasteiger partial charge on any atom is -0.488 e. The van der Waals surface area contributed by atoms with E-state index >= 15 is 0 Å². The van der Waals surface area contributed by atoms with E-state index in [1.165, 1.54) is 12.1 Å². The van der Waals surface area contributed by atoms with E-state index in [1.54, 1.807) is 29.4 Å². The number of halogens is 2. The van der Waals surface area contributed by atoms with Crippen molar-refractivity contribution in [2.45, 2.75) is 12.5 Å². The predicted octanol–water partition coefficient (Wildman–Crippen LogP) is 3.17. The second-order valence-corrected chi connectivity index (χ2v) is 5.49. The molecule has 2 aromatic rings. The van der Waals surface area contributed by atoms with Crippen LogP contribution < -0.4 is 4.74 Å². The highest BCUT2D eigenvalue weighted by Crippen LogP contribution is 2.23. The molecule has 1 aliphatic heterocycles. The molecular weight excluding hydrogens is 307 g/mol. The zero-order valence-corrected chi connectivity index (χ0v) is 12.5. The first-order valence-electron chi connectivity index (χ1n) is 6.94. The molecule has 0 saturated carbocycles. The fourth-order valence-electron chi connectivity index (χ4n) is 2.45. The van der Waals surface area contributed by atoms with Crippen LogP contribution in [0.4, 0.5) is 4.39 Å². The number of likely N-dealkylation sites (tertiary alicyclic amines) is 1. The monoisotopic (exact) mass is 320 g/mol. The Balaban J connectivity index is 1.66. The molecule has 1 aliphatic rings. The molecule has 1 atom stereocenters. The normalized spacial score (nSPS) is 17.5. The van der Waals surface area contributed by atoms with Crippen molar-refractivity contribution < 1.29 is 13.9 Å². The molecule has 2 heterocycles. The van der Waals surface area contributed by atoms with Gasteiger partial charge >= 0.3 is 0 Å². The topological polar surface area (TPSA) is 42.4 Å². The number of amides is 1. The summed E-state index contributed by atoms with van der Waals surface area (Å²) < 4.78 is 18.9. The Morgan fingerprint density at radius 3 is 2.82 bits per heavy atom. The van der Waals surface area contributed by atoms with Gasteiger partial charge in [-0.3, -0.25) is 9.78 Å². The molecule has 0 aliphatic carbocycles. The molecule has 4 nitrogen and oxygen atoms in total. The molecule has 114 valence electrons. The fraction of sp³-hybridized carbons (Fsp3) is 0.250. The van der Waals surface area contributed by atoms with Gasteiger partial charge in [-0.05, 0) is 30.3 Å². The molecule has 0 spiro atoms. The molecule has 0 N–H and O–H groups in total. The second-order valence-electron chi connectivity index (χ2n) is 5.09. The average Bonchev–Trinajstić information content (AvgIpc) is 2.96. The van der Waals surface area contributed by atoms with Crippen LogP contribution in [0.5, 0.6) is 5.75 Å². The molecule has 1 amide bonds. The van der Waals surface area contributed by atoms with Gasteiger partial charge in [0, 0.05) is 25.4 Å². The average molecular weight is 321 g/mol. The Kier molecular flexibility index (Phi) is 4.24. The number of rotatable bonds is 3.